The van der Waals surface area contributed by atoms with Gasteiger partial charge in [-0.2, -0.15) is 0 Å². The number of rotatable bonds is 6. The highest BCUT2D eigenvalue weighted by molar-refractivity contribution is 7.89. The number of aliphatic carboxylic acids is 1. The first kappa shape index (κ1) is 14.8. The molecule has 1 saturated heterocycles. The smallest absolute Gasteiger partial charge is 0.311 e. The van der Waals surface area contributed by atoms with Crippen LogP contribution in [0.15, 0.2) is 0 Å². The zero-order valence-corrected chi connectivity index (χ0v) is 12.3. The van der Waals surface area contributed by atoms with Gasteiger partial charge in [-0.25, -0.2) is 12.7 Å². The standard InChI is InChI=1S/C13H23NO4S/c1-2-3-4-8-19(17,18)14-9-11-6-5-7-13(11,10-14)12(15)16/h11H,2-10H2,1H3,(H,15,16)/t11-,13+/m0/s1. The lowest BCUT2D eigenvalue weighted by Crippen LogP contribution is -2.37. The summed E-state index contributed by atoms with van der Waals surface area (Å²) in [6, 6.07) is 0. The van der Waals surface area contributed by atoms with Crippen LogP contribution in [0.4, 0.5) is 0 Å². The van der Waals surface area contributed by atoms with Gasteiger partial charge in [0.2, 0.25) is 10.0 Å². The molecule has 2 aliphatic rings. The summed E-state index contributed by atoms with van der Waals surface area (Å²) in [4.78, 5) is 11.5. The molecule has 0 amide bonds. The summed E-state index contributed by atoms with van der Waals surface area (Å²) in [5.41, 5.74) is -0.808. The van der Waals surface area contributed by atoms with Crippen LogP contribution in [0.25, 0.3) is 0 Å². The lowest BCUT2D eigenvalue weighted by atomic mass is 9.81. The van der Waals surface area contributed by atoms with Crippen molar-refractivity contribution in [2.45, 2.75) is 45.4 Å². The molecule has 6 heteroatoms. The van der Waals surface area contributed by atoms with Crippen LogP contribution in [0.2, 0.25) is 0 Å². The number of carboxylic acids is 1. The summed E-state index contributed by atoms with van der Waals surface area (Å²) in [5.74, 6) is -0.657. The maximum absolute atomic E-state index is 12.2. The Kier molecular flexibility index (Phi) is 4.20. The zero-order valence-electron chi connectivity index (χ0n) is 11.5. The Labute approximate surface area is 115 Å². The van der Waals surface area contributed by atoms with E-state index in [-0.39, 0.29) is 18.2 Å². The number of carbonyl (C=O) groups is 1. The van der Waals surface area contributed by atoms with Crippen molar-refractivity contribution in [3.8, 4) is 0 Å². The van der Waals surface area contributed by atoms with E-state index in [2.05, 4.69) is 0 Å². The van der Waals surface area contributed by atoms with E-state index >= 15 is 0 Å². The predicted octanol–water partition coefficient (Wildman–Crippen LogP) is 1.69. The second-order valence-corrected chi connectivity index (χ2v) is 7.95. The van der Waals surface area contributed by atoms with Crippen molar-refractivity contribution in [3.63, 3.8) is 0 Å². The second-order valence-electron chi connectivity index (χ2n) is 5.87. The van der Waals surface area contributed by atoms with Gasteiger partial charge in [0.25, 0.3) is 0 Å². The van der Waals surface area contributed by atoms with Gasteiger partial charge < -0.3 is 5.11 Å². The van der Waals surface area contributed by atoms with E-state index < -0.39 is 21.4 Å². The Bertz CT molecular complexity index is 448. The minimum atomic E-state index is -3.28. The Morgan fingerprint density at radius 1 is 1.42 bits per heavy atom. The van der Waals surface area contributed by atoms with Gasteiger partial charge in [-0.3, -0.25) is 4.79 Å². The summed E-state index contributed by atoms with van der Waals surface area (Å²) in [6.45, 7) is 2.62. The van der Waals surface area contributed by atoms with Gasteiger partial charge in [-0.05, 0) is 25.2 Å². The van der Waals surface area contributed by atoms with E-state index in [1.807, 2.05) is 6.92 Å². The molecule has 1 N–H and O–H groups in total. The van der Waals surface area contributed by atoms with Crippen LogP contribution in [-0.4, -0.2) is 42.6 Å². The molecule has 19 heavy (non-hydrogen) atoms. The first-order chi connectivity index (χ1) is 8.92. The van der Waals surface area contributed by atoms with Crippen molar-refractivity contribution in [1.29, 1.82) is 0 Å². The largest absolute Gasteiger partial charge is 0.481 e. The number of fused-ring (bicyclic) bond motifs is 1. The van der Waals surface area contributed by atoms with E-state index in [0.717, 1.165) is 25.7 Å². The number of hydrogen-bond donors (Lipinski definition) is 1. The van der Waals surface area contributed by atoms with Gasteiger partial charge in [0, 0.05) is 13.1 Å². The highest BCUT2D eigenvalue weighted by Gasteiger charge is 2.56. The first-order valence-corrected chi connectivity index (χ1v) is 8.74. The summed E-state index contributed by atoms with van der Waals surface area (Å²) in [5, 5.41) is 9.45. The molecule has 1 aliphatic heterocycles. The highest BCUT2D eigenvalue weighted by Crippen LogP contribution is 2.49. The van der Waals surface area contributed by atoms with Crippen LogP contribution in [-0.2, 0) is 14.8 Å². The van der Waals surface area contributed by atoms with Gasteiger partial charge >= 0.3 is 5.97 Å². The number of hydrogen-bond acceptors (Lipinski definition) is 3. The van der Waals surface area contributed by atoms with Gasteiger partial charge in [0.05, 0.1) is 11.2 Å². The SMILES string of the molecule is CCCCCS(=O)(=O)N1C[C@@H]2CCC[C@@]2(C(=O)O)C1. The number of nitrogens with zero attached hydrogens (tertiary/aromatic N) is 1. The van der Waals surface area contributed by atoms with Gasteiger partial charge in [-0.15, -0.1) is 0 Å². The predicted molar refractivity (Wildman–Crippen MR) is 72.3 cm³/mol. The highest BCUT2D eigenvalue weighted by atomic mass is 32.2. The maximum Gasteiger partial charge on any atom is 0.311 e. The fourth-order valence-corrected chi connectivity index (χ4v) is 5.13. The van der Waals surface area contributed by atoms with Crippen molar-refractivity contribution in [2.75, 3.05) is 18.8 Å². The molecule has 2 fully saturated rings. The third-order valence-corrected chi connectivity index (χ3v) is 6.53. The Morgan fingerprint density at radius 3 is 2.74 bits per heavy atom. The third-order valence-electron chi connectivity index (χ3n) is 4.66. The molecule has 0 aromatic heterocycles. The Balaban J connectivity index is 2.07. The van der Waals surface area contributed by atoms with Crippen molar-refractivity contribution < 1.29 is 18.3 Å². The molecule has 5 nitrogen and oxygen atoms in total. The van der Waals surface area contributed by atoms with Crippen molar-refractivity contribution in [2.24, 2.45) is 11.3 Å². The van der Waals surface area contributed by atoms with E-state index in [1.165, 1.54) is 4.31 Å². The second kappa shape index (κ2) is 5.40. The van der Waals surface area contributed by atoms with Gasteiger partial charge in [-0.1, -0.05) is 26.2 Å². The van der Waals surface area contributed by atoms with Crippen LogP contribution in [0.1, 0.15) is 45.4 Å². The van der Waals surface area contributed by atoms with Gasteiger partial charge in [0.1, 0.15) is 0 Å². The first-order valence-electron chi connectivity index (χ1n) is 7.13. The minimum absolute atomic E-state index is 0.00551. The molecule has 1 aliphatic carbocycles. The normalized spacial score (nSPS) is 31.5. The quantitative estimate of drug-likeness (QED) is 0.755. The molecule has 1 saturated carbocycles. The fraction of sp³-hybridized carbons (Fsp3) is 0.923. The van der Waals surface area contributed by atoms with E-state index in [4.69, 9.17) is 0 Å². The summed E-state index contributed by atoms with van der Waals surface area (Å²) < 4.78 is 25.9. The van der Waals surface area contributed by atoms with Crippen molar-refractivity contribution in [3.05, 3.63) is 0 Å². The Morgan fingerprint density at radius 2 is 2.16 bits per heavy atom. The van der Waals surface area contributed by atoms with Crippen LogP contribution >= 0.6 is 0 Å². The molecular formula is C13H23NO4S. The molecule has 0 spiro atoms. The molecule has 2 atom stereocenters. The lowest BCUT2D eigenvalue weighted by Gasteiger charge is -2.23. The van der Waals surface area contributed by atoms with Gasteiger partial charge in [0.15, 0.2) is 0 Å². The molecule has 0 bridgehead atoms. The molecule has 0 radical (unpaired) electrons. The van der Waals surface area contributed by atoms with Crippen LogP contribution in [0.3, 0.4) is 0 Å². The van der Waals surface area contributed by atoms with Crippen LogP contribution < -0.4 is 0 Å². The molecule has 1 heterocycles. The Hall–Kier alpha value is -0.620. The average Bonchev–Trinajstić information content (AvgIpc) is 2.86. The topological polar surface area (TPSA) is 74.7 Å². The molecule has 110 valence electrons. The van der Waals surface area contributed by atoms with Crippen molar-refractivity contribution in [1.82, 2.24) is 4.31 Å². The maximum atomic E-state index is 12.2. The molecule has 0 aromatic carbocycles. The molecule has 0 aromatic rings. The summed E-state index contributed by atoms with van der Waals surface area (Å²) in [7, 11) is -3.28. The third kappa shape index (κ3) is 2.65. The number of carboxylic acid groups (broad SMARTS) is 1. The van der Waals surface area contributed by atoms with Crippen LogP contribution in [0, 0.1) is 11.3 Å². The molecule has 0 unspecified atom stereocenters. The van der Waals surface area contributed by atoms with Crippen LogP contribution in [0.5, 0.6) is 0 Å². The van der Waals surface area contributed by atoms with E-state index in [1.54, 1.807) is 0 Å². The zero-order chi connectivity index (χ0) is 14.1. The monoisotopic (exact) mass is 289 g/mol. The van der Waals surface area contributed by atoms with E-state index in [9.17, 15) is 18.3 Å². The summed E-state index contributed by atoms with van der Waals surface area (Å²) in [6.07, 6.45) is 4.92. The van der Waals surface area contributed by atoms with Crippen molar-refractivity contribution >= 4 is 16.0 Å². The fourth-order valence-electron chi connectivity index (χ4n) is 3.47. The summed E-state index contributed by atoms with van der Waals surface area (Å²) >= 11 is 0. The molecular weight excluding hydrogens is 266 g/mol. The average molecular weight is 289 g/mol. The number of unbranched alkanes of at least 4 members (excludes halogenated alkanes) is 2. The van der Waals surface area contributed by atoms with E-state index in [0.29, 0.717) is 19.4 Å². The number of sulfonamides is 1. The molecule has 2 rings (SSSR count). The minimum Gasteiger partial charge on any atom is -0.481 e. The lowest BCUT2D eigenvalue weighted by molar-refractivity contribution is -0.149.